The van der Waals surface area contributed by atoms with Gasteiger partial charge in [0.25, 0.3) is 0 Å². The van der Waals surface area contributed by atoms with Gasteiger partial charge in [-0.2, -0.15) is 0 Å². The van der Waals surface area contributed by atoms with Crippen LogP contribution in [0.5, 0.6) is 0 Å². The van der Waals surface area contributed by atoms with Crippen LogP contribution in [0.15, 0.2) is 6.20 Å². The molecule has 3 nitrogen and oxygen atoms in total. The summed E-state index contributed by atoms with van der Waals surface area (Å²) in [5.74, 6) is 0. The van der Waals surface area contributed by atoms with Crippen LogP contribution in [0.1, 0.15) is 32.7 Å². The van der Waals surface area contributed by atoms with Gasteiger partial charge >= 0.3 is 0 Å². The van der Waals surface area contributed by atoms with E-state index in [9.17, 15) is 0 Å². The highest BCUT2D eigenvalue weighted by molar-refractivity contribution is 6.69. The molecule has 0 aliphatic rings. The fourth-order valence-corrected chi connectivity index (χ4v) is 1.32. The second kappa shape index (κ2) is 4.44. The van der Waals surface area contributed by atoms with Gasteiger partial charge in [0.1, 0.15) is 0 Å². The van der Waals surface area contributed by atoms with Crippen molar-refractivity contribution >= 4 is 12.3 Å². The summed E-state index contributed by atoms with van der Waals surface area (Å²) in [6.07, 6.45) is 4.42. The van der Waals surface area contributed by atoms with E-state index in [1.807, 2.05) is 4.68 Å². The molecule has 0 aromatic carbocycles. The highest BCUT2D eigenvalue weighted by Gasteiger charge is 2.10. The van der Waals surface area contributed by atoms with Crippen LogP contribution in [0, 0.1) is 0 Å². The summed E-state index contributed by atoms with van der Waals surface area (Å²) >= 11 is 0. The van der Waals surface area contributed by atoms with E-state index in [1.54, 1.807) is 0 Å². The predicted octanol–water partition coefficient (Wildman–Crippen LogP) is 1.60. The van der Waals surface area contributed by atoms with E-state index in [0.717, 1.165) is 5.59 Å². The number of hydrogen-bond donors (Lipinski definition) is 0. The molecule has 0 N–H and O–H groups in total. The van der Waals surface area contributed by atoms with Crippen LogP contribution in [0.2, 0.25) is 13.6 Å². The Hall–Kier alpha value is -0.795. The molecule has 13 heavy (non-hydrogen) atoms. The standard InChI is InChI=1S/C9H18BN3/c1-5-6-8(2)13-7-9(10(3)4)11-12-13/h7-8H,5-6H2,1-4H3. The highest BCUT2D eigenvalue weighted by atomic mass is 15.4. The molecule has 0 aliphatic carbocycles. The van der Waals surface area contributed by atoms with E-state index < -0.39 is 0 Å². The summed E-state index contributed by atoms with van der Waals surface area (Å²) in [4.78, 5) is 0. The zero-order chi connectivity index (χ0) is 9.84. The van der Waals surface area contributed by atoms with Crippen molar-refractivity contribution in [3.8, 4) is 0 Å². The maximum atomic E-state index is 4.13. The third-order valence-electron chi connectivity index (χ3n) is 2.28. The largest absolute Gasteiger partial charge is 0.250 e. The van der Waals surface area contributed by atoms with E-state index in [1.165, 1.54) is 12.8 Å². The van der Waals surface area contributed by atoms with Gasteiger partial charge in [-0.25, -0.2) is 0 Å². The Morgan fingerprint density at radius 1 is 1.54 bits per heavy atom. The maximum absolute atomic E-state index is 4.13. The first kappa shape index (κ1) is 10.3. The molecule has 0 radical (unpaired) electrons. The molecule has 0 saturated carbocycles. The van der Waals surface area contributed by atoms with Crippen LogP contribution in [0.4, 0.5) is 0 Å². The molecule has 0 aliphatic heterocycles. The minimum absolute atomic E-state index is 0.475. The first-order chi connectivity index (χ1) is 6.15. The Bertz CT molecular complexity index is 257. The summed E-state index contributed by atoms with van der Waals surface area (Å²) in [5.41, 5.74) is 1.09. The van der Waals surface area contributed by atoms with E-state index in [4.69, 9.17) is 0 Å². The van der Waals surface area contributed by atoms with Gasteiger partial charge in [-0.15, -0.1) is 5.10 Å². The van der Waals surface area contributed by atoms with Crippen molar-refractivity contribution in [1.82, 2.24) is 15.0 Å². The average molecular weight is 179 g/mol. The fraction of sp³-hybridized carbons (Fsp3) is 0.778. The highest BCUT2D eigenvalue weighted by Crippen LogP contribution is 2.09. The molecule has 1 aromatic rings. The van der Waals surface area contributed by atoms with Crippen molar-refractivity contribution in [2.45, 2.75) is 46.4 Å². The lowest BCUT2D eigenvalue weighted by atomic mass is 9.52. The van der Waals surface area contributed by atoms with Crippen LogP contribution < -0.4 is 5.59 Å². The first-order valence-corrected chi connectivity index (χ1v) is 5.06. The number of nitrogens with zero attached hydrogens (tertiary/aromatic N) is 3. The van der Waals surface area contributed by atoms with Gasteiger partial charge in [0, 0.05) is 11.8 Å². The SMILES string of the molecule is CCCC(C)n1cc(B(C)C)nn1. The third kappa shape index (κ3) is 2.57. The molecular formula is C9H18BN3. The van der Waals surface area contributed by atoms with Crippen LogP contribution >= 0.6 is 0 Å². The van der Waals surface area contributed by atoms with Crippen molar-refractivity contribution in [3.63, 3.8) is 0 Å². The minimum atomic E-state index is 0.475. The van der Waals surface area contributed by atoms with Crippen LogP contribution in [0.25, 0.3) is 0 Å². The number of hydrogen-bond acceptors (Lipinski definition) is 2. The first-order valence-electron chi connectivity index (χ1n) is 5.06. The monoisotopic (exact) mass is 179 g/mol. The molecule has 0 amide bonds. The van der Waals surface area contributed by atoms with Gasteiger partial charge in [0.15, 0.2) is 6.71 Å². The van der Waals surface area contributed by atoms with Gasteiger partial charge in [-0.3, -0.25) is 4.68 Å². The van der Waals surface area contributed by atoms with E-state index in [-0.39, 0.29) is 0 Å². The molecule has 72 valence electrons. The van der Waals surface area contributed by atoms with Crippen molar-refractivity contribution < 1.29 is 0 Å². The van der Waals surface area contributed by atoms with Crippen molar-refractivity contribution in [2.24, 2.45) is 0 Å². The zero-order valence-corrected chi connectivity index (χ0v) is 8.99. The molecule has 1 aromatic heterocycles. The fourth-order valence-electron chi connectivity index (χ4n) is 1.32. The van der Waals surface area contributed by atoms with Crippen molar-refractivity contribution in [1.29, 1.82) is 0 Å². The summed E-state index contributed by atoms with van der Waals surface area (Å²) in [6.45, 7) is 9.12. The van der Waals surface area contributed by atoms with Gasteiger partial charge < -0.3 is 0 Å². The summed E-state index contributed by atoms with van der Waals surface area (Å²) in [6, 6.07) is 0.477. The molecule has 1 unspecified atom stereocenters. The van der Waals surface area contributed by atoms with Gasteiger partial charge in [-0.1, -0.05) is 32.2 Å². The van der Waals surface area contributed by atoms with E-state index in [0.29, 0.717) is 12.8 Å². The number of rotatable bonds is 4. The molecular weight excluding hydrogens is 161 g/mol. The molecule has 1 atom stereocenters. The van der Waals surface area contributed by atoms with Crippen LogP contribution in [-0.4, -0.2) is 21.7 Å². The Morgan fingerprint density at radius 2 is 2.23 bits per heavy atom. The Labute approximate surface area is 80.6 Å². The van der Waals surface area contributed by atoms with E-state index >= 15 is 0 Å². The van der Waals surface area contributed by atoms with Gasteiger partial charge in [0.05, 0.1) is 6.04 Å². The lowest BCUT2D eigenvalue weighted by molar-refractivity contribution is 0.443. The minimum Gasteiger partial charge on any atom is -0.250 e. The molecule has 1 heterocycles. The molecule has 1 rings (SSSR count). The Kier molecular flexibility index (Phi) is 3.52. The molecule has 0 bridgehead atoms. The quantitative estimate of drug-likeness (QED) is 0.657. The van der Waals surface area contributed by atoms with Crippen LogP contribution in [-0.2, 0) is 0 Å². The van der Waals surface area contributed by atoms with Crippen molar-refractivity contribution in [3.05, 3.63) is 6.20 Å². The Morgan fingerprint density at radius 3 is 2.69 bits per heavy atom. The third-order valence-corrected chi connectivity index (χ3v) is 2.28. The summed E-state index contributed by atoms with van der Waals surface area (Å²) < 4.78 is 1.97. The lowest BCUT2D eigenvalue weighted by Crippen LogP contribution is -2.23. The van der Waals surface area contributed by atoms with Gasteiger partial charge in [0.2, 0.25) is 0 Å². The summed E-state index contributed by atoms with van der Waals surface area (Å²) in [7, 11) is 0. The second-order valence-corrected chi connectivity index (χ2v) is 3.92. The number of aromatic nitrogens is 3. The Balaban J connectivity index is 2.67. The summed E-state index contributed by atoms with van der Waals surface area (Å²) in [5, 5.41) is 8.25. The second-order valence-electron chi connectivity index (χ2n) is 3.92. The molecule has 0 spiro atoms. The van der Waals surface area contributed by atoms with Crippen LogP contribution in [0.3, 0.4) is 0 Å². The zero-order valence-electron chi connectivity index (χ0n) is 8.99. The normalized spacial score (nSPS) is 12.9. The molecule has 0 saturated heterocycles. The smallest absolute Gasteiger partial charge is 0.198 e. The maximum Gasteiger partial charge on any atom is 0.198 e. The molecule has 0 fully saturated rings. The lowest BCUT2D eigenvalue weighted by Gasteiger charge is -2.08. The molecule has 4 heteroatoms. The van der Waals surface area contributed by atoms with E-state index in [2.05, 4.69) is 44.0 Å². The van der Waals surface area contributed by atoms with Gasteiger partial charge in [-0.05, 0) is 13.3 Å². The average Bonchev–Trinajstić information content (AvgIpc) is 2.52. The van der Waals surface area contributed by atoms with Crippen molar-refractivity contribution in [2.75, 3.05) is 0 Å². The topological polar surface area (TPSA) is 30.7 Å². The predicted molar refractivity (Wildman–Crippen MR) is 56.8 cm³/mol.